The second-order valence-corrected chi connectivity index (χ2v) is 5.79. The molecular formula is C16H23ClN2O. The monoisotopic (exact) mass is 294 g/mol. The third-order valence-corrected chi connectivity index (χ3v) is 4.03. The number of carbonyl (C=O) groups is 1. The Balaban J connectivity index is 1.73. The molecule has 0 aromatic heterocycles. The zero-order valence-corrected chi connectivity index (χ0v) is 12.9. The molecule has 4 heteroatoms. The number of benzene rings is 1. The Morgan fingerprint density at radius 2 is 2.00 bits per heavy atom. The van der Waals surface area contributed by atoms with Crippen molar-refractivity contribution in [2.75, 3.05) is 32.7 Å². The minimum Gasteiger partial charge on any atom is -0.340 e. The van der Waals surface area contributed by atoms with Crippen LogP contribution in [0.3, 0.4) is 0 Å². The first-order valence-electron chi connectivity index (χ1n) is 7.43. The van der Waals surface area contributed by atoms with E-state index in [4.69, 9.17) is 11.6 Å². The molecule has 1 heterocycles. The van der Waals surface area contributed by atoms with E-state index in [0.29, 0.717) is 12.3 Å². The molecule has 1 aliphatic heterocycles. The van der Waals surface area contributed by atoms with Crippen LogP contribution in [0.1, 0.15) is 25.3 Å². The SMILES string of the molecule is CCCC(=O)N1CCN(CCc2cccc(Cl)c2)CC1. The van der Waals surface area contributed by atoms with Crippen molar-refractivity contribution in [3.8, 4) is 0 Å². The fraction of sp³-hybridized carbons (Fsp3) is 0.562. The average Bonchev–Trinajstić information content (AvgIpc) is 2.46. The zero-order valence-electron chi connectivity index (χ0n) is 12.1. The van der Waals surface area contributed by atoms with Crippen molar-refractivity contribution in [1.82, 2.24) is 9.80 Å². The van der Waals surface area contributed by atoms with Crippen molar-refractivity contribution >= 4 is 17.5 Å². The van der Waals surface area contributed by atoms with Gasteiger partial charge in [0.25, 0.3) is 0 Å². The van der Waals surface area contributed by atoms with Crippen LogP contribution in [-0.4, -0.2) is 48.4 Å². The maximum absolute atomic E-state index is 11.8. The number of piperazine rings is 1. The number of carbonyl (C=O) groups excluding carboxylic acids is 1. The number of nitrogens with zero attached hydrogens (tertiary/aromatic N) is 2. The van der Waals surface area contributed by atoms with Crippen molar-refractivity contribution in [3.63, 3.8) is 0 Å². The molecule has 1 aromatic rings. The van der Waals surface area contributed by atoms with Gasteiger partial charge in [0.1, 0.15) is 0 Å². The van der Waals surface area contributed by atoms with Crippen molar-refractivity contribution in [2.45, 2.75) is 26.2 Å². The normalized spacial score (nSPS) is 16.4. The van der Waals surface area contributed by atoms with Gasteiger partial charge in [0.15, 0.2) is 0 Å². The first kappa shape index (κ1) is 15.3. The Labute approximate surface area is 126 Å². The number of hydrogen-bond donors (Lipinski definition) is 0. The summed E-state index contributed by atoms with van der Waals surface area (Å²) in [5, 5.41) is 0.803. The first-order valence-corrected chi connectivity index (χ1v) is 7.81. The van der Waals surface area contributed by atoms with Gasteiger partial charge in [0.2, 0.25) is 5.91 Å². The fourth-order valence-electron chi connectivity index (χ4n) is 2.57. The molecule has 1 saturated heterocycles. The lowest BCUT2D eigenvalue weighted by atomic mass is 10.1. The van der Waals surface area contributed by atoms with E-state index in [9.17, 15) is 4.79 Å². The third kappa shape index (κ3) is 4.50. The lowest BCUT2D eigenvalue weighted by molar-refractivity contribution is -0.132. The first-order chi connectivity index (χ1) is 9.69. The van der Waals surface area contributed by atoms with E-state index >= 15 is 0 Å². The molecule has 0 atom stereocenters. The summed E-state index contributed by atoms with van der Waals surface area (Å²) in [6.07, 6.45) is 2.64. The number of halogens is 1. The highest BCUT2D eigenvalue weighted by atomic mass is 35.5. The minimum atomic E-state index is 0.307. The van der Waals surface area contributed by atoms with Crippen molar-refractivity contribution in [3.05, 3.63) is 34.9 Å². The van der Waals surface area contributed by atoms with Crippen LogP contribution >= 0.6 is 11.6 Å². The van der Waals surface area contributed by atoms with Gasteiger partial charge in [-0.05, 0) is 30.5 Å². The van der Waals surface area contributed by atoms with E-state index in [1.54, 1.807) is 0 Å². The lowest BCUT2D eigenvalue weighted by Gasteiger charge is -2.34. The summed E-state index contributed by atoms with van der Waals surface area (Å²) in [6.45, 7) is 6.80. The topological polar surface area (TPSA) is 23.6 Å². The van der Waals surface area contributed by atoms with Gasteiger partial charge in [-0.1, -0.05) is 30.7 Å². The Morgan fingerprint density at radius 3 is 2.65 bits per heavy atom. The summed E-state index contributed by atoms with van der Waals surface area (Å²) in [6, 6.07) is 8.05. The van der Waals surface area contributed by atoms with Gasteiger partial charge in [-0.3, -0.25) is 9.69 Å². The van der Waals surface area contributed by atoms with Gasteiger partial charge in [-0.25, -0.2) is 0 Å². The molecule has 0 radical (unpaired) electrons. The lowest BCUT2D eigenvalue weighted by Crippen LogP contribution is -2.49. The van der Waals surface area contributed by atoms with Crippen LogP contribution < -0.4 is 0 Å². The van der Waals surface area contributed by atoms with E-state index in [1.165, 1.54) is 5.56 Å². The summed E-state index contributed by atoms with van der Waals surface area (Å²) in [7, 11) is 0. The van der Waals surface area contributed by atoms with Gasteiger partial charge < -0.3 is 4.90 Å². The van der Waals surface area contributed by atoms with E-state index in [1.807, 2.05) is 23.1 Å². The number of hydrogen-bond acceptors (Lipinski definition) is 2. The van der Waals surface area contributed by atoms with Crippen LogP contribution in [0.25, 0.3) is 0 Å². The number of rotatable bonds is 5. The molecule has 1 amide bonds. The molecule has 0 saturated carbocycles. The molecule has 1 aromatic carbocycles. The standard InChI is InChI=1S/C16H23ClN2O/c1-2-4-16(20)19-11-9-18(10-12-19)8-7-14-5-3-6-15(17)13-14/h3,5-6,13H,2,4,7-12H2,1H3. The molecule has 1 fully saturated rings. The molecule has 3 nitrogen and oxygen atoms in total. The molecule has 2 rings (SSSR count). The molecule has 1 aliphatic rings. The van der Waals surface area contributed by atoms with E-state index in [-0.39, 0.29) is 0 Å². The maximum Gasteiger partial charge on any atom is 0.222 e. The Bertz CT molecular complexity index is 442. The summed E-state index contributed by atoms with van der Waals surface area (Å²) < 4.78 is 0. The highest BCUT2D eigenvalue weighted by Gasteiger charge is 2.19. The Hall–Kier alpha value is -1.06. The smallest absolute Gasteiger partial charge is 0.222 e. The zero-order chi connectivity index (χ0) is 14.4. The predicted molar refractivity (Wildman–Crippen MR) is 83.1 cm³/mol. The van der Waals surface area contributed by atoms with Crippen LogP contribution in [0.5, 0.6) is 0 Å². The molecular weight excluding hydrogens is 272 g/mol. The van der Waals surface area contributed by atoms with E-state index in [2.05, 4.69) is 17.9 Å². The third-order valence-electron chi connectivity index (χ3n) is 3.79. The predicted octanol–water partition coefficient (Wildman–Crippen LogP) is 2.83. The maximum atomic E-state index is 11.8. The average molecular weight is 295 g/mol. The van der Waals surface area contributed by atoms with Gasteiger partial charge >= 0.3 is 0 Å². The van der Waals surface area contributed by atoms with Crippen LogP contribution in [0.4, 0.5) is 0 Å². The Morgan fingerprint density at radius 1 is 1.25 bits per heavy atom. The molecule has 0 aliphatic carbocycles. The van der Waals surface area contributed by atoms with E-state index in [0.717, 1.165) is 50.6 Å². The van der Waals surface area contributed by atoms with Crippen LogP contribution in [0.15, 0.2) is 24.3 Å². The van der Waals surface area contributed by atoms with Crippen LogP contribution in [0.2, 0.25) is 5.02 Å². The van der Waals surface area contributed by atoms with Crippen LogP contribution in [-0.2, 0) is 11.2 Å². The summed E-state index contributed by atoms with van der Waals surface area (Å²) in [4.78, 5) is 16.2. The second-order valence-electron chi connectivity index (χ2n) is 5.35. The van der Waals surface area contributed by atoms with Gasteiger partial charge in [-0.15, -0.1) is 0 Å². The molecule has 110 valence electrons. The summed E-state index contributed by atoms with van der Waals surface area (Å²) in [5.41, 5.74) is 1.28. The Kier molecular flexibility index (Phi) is 5.86. The summed E-state index contributed by atoms with van der Waals surface area (Å²) in [5.74, 6) is 0.307. The second kappa shape index (κ2) is 7.65. The van der Waals surface area contributed by atoms with E-state index < -0.39 is 0 Å². The highest BCUT2D eigenvalue weighted by Crippen LogP contribution is 2.12. The van der Waals surface area contributed by atoms with Gasteiger partial charge in [0.05, 0.1) is 0 Å². The van der Waals surface area contributed by atoms with Crippen LogP contribution in [0, 0.1) is 0 Å². The van der Waals surface area contributed by atoms with Gasteiger partial charge in [-0.2, -0.15) is 0 Å². The fourth-order valence-corrected chi connectivity index (χ4v) is 2.79. The number of amides is 1. The quantitative estimate of drug-likeness (QED) is 0.834. The summed E-state index contributed by atoms with van der Waals surface area (Å²) >= 11 is 5.99. The molecule has 0 bridgehead atoms. The van der Waals surface area contributed by atoms with Crippen molar-refractivity contribution in [1.29, 1.82) is 0 Å². The molecule has 0 spiro atoms. The highest BCUT2D eigenvalue weighted by molar-refractivity contribution is 6.30. The van der Waals surface area contributed by atoms with Crippen molar-refractivity contribution < 1.29 is 4.79 Å². The van der Waals surface area contributed by atoms with Gasteiger partial charge in [0, 0.05) is 44.2 Å². The minimum absolute atomic E-state index is 0.307. The molecule has 0 N–H and O–H groups in total. The molecule has 20 heavy (non-hydrogen) atoms. The largest absolute Gasteiger partial charge is 0.340 e. The van der Waals surface area contributed by atoms with Crippen molar-refractivity contribution in [2.24, 2.45) is 0 Å². The molecule has 0 unspecified atom stereocenters.